The summed E-state index contributed by atoms with van der Waals surface area (Å²) in [5.41, 5.74) is 8.24. The summed E-state index contributed by atoms with van der Waals surface area (Å²) in [6.45, 7) is 1.95. The minimum absolute atomic E-state index is 0.0362. The Hall–Kier alpha value is -2.70. The van der Waals surface area contributed by atoms with Gasteiger partial charge < -0.3 is 15.4 Å². The fraction of sp³-hybridized carbons (Fsp3) is 0.273. The van der Waals surface area contributed by atoms with Crippen LogP contribution in [0.2, 0.25) is 0 Å². The van der Waals surface area contributed by atoms with Gasteiger partial charge in [0.05, 0.1) is 13.3 Å². The number of amides is 1. The van der Waals surface area contributed by atoms with Crippen LogP contribution in [0.25, 0.3) is 10.6 Å². The number of hydrogen-bond donors (Lipinski definition) is 1. The van der Waals surface area contributed by atoms with Crippen molar-refractivity contribution in [3.8, 4) is 16.3 Å². The molecule has 0 bridgehead atoms. The summed E-state index contributed by atoms with van der Waals surface area (Å²) in [6, 6.07) is 18.0. The summed E-state index contributed by atoms with van der Waals surface area (Å²) in [5, 5.41) is 0.834. The monoisotopic (exact) mass is 393 g/mol. The van der Waals surface area contributed by atoms with Crippen molar-refractivity contribution in [3.63, 3.8) is 0 Å². The molecule has 6 heteroatoms. The number of benzene rings is 2. The first kappa shape index (κ1) is 18.7. The van der Waals surface area contributed by atoms with Gasteiger partial charge in [-0.1, -0.05) is 30.3 Å². The summed E-state index contributed by atoms with van der Waals surface area (Å²) < 4.78 is 5.20. The van der Waals surface area contributed by atoms with E-state index < -0.39 is 0 Å². The molecule has 4 rings (SSSR count). The average molecular weight is 394 g/mol. The highest BCUT2D eigenvalue weighted by atomic mass is 32.1. The Labute approximate surface area is 168 Å². The van der Waals surface area contributed by atoms with E-state index in [-0.39, 0.29) is 17.7 Å². The number of methoxy groups -OCH3 is 1. The molecule has 2 N–H and O–H groups in total. The van der Waals surface area contributed by atoms with E-state index in [1.165, 1.54) is 16.9 Å². The van der Waals surface area contributed by atoms with Crippen molar-refractivity contribution < 1.29 is 9.53 Å². The van der Waals surface area contributed by atoms with Gasteiger partial charge in [-0.3, -0.25) is 4.79 Å². The Morgan fingerprint density at radius 3 is 2.61 bits per heavy atom. The lowest BCUT2D eigenvalue weighted by Gasteiger charge is -2.16. The van der Waals surface area contributed by atoms with E-state index in [0.717, 1.165) is 16.3 Å². The number of nitrogens with zero attached hydrogens (tertiary/aromatic N) is 2. The second kappa shape index (κ2) is 8.12. The molecule has 1 aliphatic heterocycles. The number of hydrogen-bond acceptors (Lipinski definition) is 5. The van der Waals surface area contributed by atoms with Crippen LogP contribution in [0.5, 0.6) is 5.75 Å². The Balaban J connectivity index is 1.51. The third-order valence-electron chi connectivity index (χ3n) is 5.31. The Morgan fingerprint density at radius 1 is 1.18 bits per heavy atom. The van der Waals surface area contributed by atoms with Gasteiger partial charge in [0.15, 0.2) is 0 Å². The number of carbonyl (C=O) groups excluding carboxylic acids is 1. The first-order valence-corrected chi connectivity index (χ1v) is 10.2. The van der Waals surface area contributed by atoms with Gasteiger partial charge in [0.2, 0.25) is 0 Å². The second-order valence-corrected chi connectivity index (χ2v) is 8.01. The summed E-state index contributed by atoms with van der Waals surface area (Å²) >= 11 is 1.43. The molecular formula is C22H23N3O2S. The van der Waals surface area contributed by atoms with Gasteiger partial charge in [-0.25, -0.2) is 4.98 Å². The highest BCUT2D eigenvalue weighted by Crippen LogP contribution is 2.34. The quantitative estimate of drug-likeness (QED) is 0.719. The minimum atomic E-state index is 0.0362. The highest BCUT2D eigenvalue weighted by Gasteiger charge is 2.36. The van der Waals surface area contributed by atoms with Crippen molar-refractivity contribution in [1.29, 1.82) is 0 Å². The third-order valence-corrected chi connectivity index (χ3v) is 6.35. The molecule has 1 fully saturated rings. The van der Waals surface area contributed by atoms with Gasteiger partial charge in [0.1, 0.15) is 15.6 Å². The van der Waals surface area contributed by atoms with Gasteiger partial charge in [-0.05, 0) is 42.3 Å². The van der Waals surface area contributed by atoms with Crippen molar-refractivity contribution in [3.05, 3.63) is 71.2 Å². The number of carbonyl (C=O) groups is 1. The fourth-order valence-electron chi connectivity index (χ4n) is 3.75. The third kappa shape index (κ3) is 3.66. The number of rotatable bonds is 5. The molecule has 1 aliphatic rings. The van der Waals surface area contributed by atoms with Crippen molar-refractivity contribution in [1.82, 2.24) is 9.88 Å². The lowest BCUT2D eigenvalue weighted by molar-refractivity contribution is 0.0791. The predicted octanol–water partition coefficient (Wildman–Crippen LogP) is 3.63. The van der Waals surface area contributed by atoms with Crippen LogP contribution in [0, 0.1) is 5.92 Å². The Bertz CT molecular complexity index is 940. The van der Waals surface area contributed by atoms with Crippen molar-refractivity contribution >= 4 is 17.2 Å². The minimum Gasteiger partial charge on any atom is -0.497 e. The first-order chi connectivity index (χ1) is 13.7. The van der Waals surface area contributed by atoms with E-state index in [9.17, 15) is 4.79 Å². The zero-order valence-electron chi connectivity index (χ0n) is 15.7. The van der Waals surface area contributed by atoms with Crippen LogP contribution in [0.15, 0.2) is 60.8 Å². The molecule has 2 atom stereocenters. The number of likely N-dealkylation sites (tertiary alicyclic amines) is 1. The number of thiazole rings is 1. The highest BCUT2D eigenvalue weighted by molar-refractivity contribution is 7.16. The summed E-state index contributed by atoms with van der Waals surface area (Å²) in [7, 11) is 1.64. The van der Waals surface area contributed by atoms with E-state index in [4.69, 9.17) is 10.5 Å². The van der Waals surface area contributed by atoms with Crippen molar-refractivity contribution in [2.45, 2.75) is 5.92 Å². The summed E-state index contributed by atoms with van der Waals surface area (Å²) in [5.74, 6) is 1.40. The maximum Gasteiger partial charge on any atom is 0.265 e. The topological polar surface area (TPSA) is 68.5 Å². The largest absolute Gasteiger partial charge is 0.497 e. The van der Waals surface area contributed by atoms with Crippen LogP contribution in [0.4, 0.5) is 0 Å². The van der Waals surface area contributed by atoms with Crippen LogP contribution in [0.3, 0.4) is 0 Å². The molecule has 2 heterocycles. The summed E-state index contributed by atoms with van der Waals surface area (Å²) in [6.07, 6.45) is 1.68. The Morgan fingerprint density at radius 2 is 1.93 bits per heavy atom. The van der Waals surface area contributed by atoms with Crippen molar-refractivity contribution in [2.24, 2.45) is 11.7 Å². The normalized spacial score (nSPS) is 19.0. The molecule has 0 aliphatic carbocycles. The Kier molecular flexibility index (Phi) is 5.41. The average Bonchev–Trinajstić information content (AvgIpc) is 3.41. The van der Waals surface area contributed by atoms with E-state index in [1.54, 1.807) is 13.3 Å². The lowest BCUT2D eigenvalue weighted by Crippen LogP contribution is -2.29. The molecule has 1 saturated heterocycles. The summed E-state index contributed by atoms with van der Waals surface area (Å²) in [4.78, 5) is 20.1. The maximum absolute atomic E-state index is 13.1. The van der Waals surface area contributed by atoms with Crippen LogP contribution in [0.1, 0.15) is 21.2 Å². The molecule has 2 aromatic carbocycles. The number of nitrogens with two attached hydrogens (primary N) is 1. The van der Waals surface area contributed by atoms with Crippen LogP contribution < -0.4 is 10.5 Å². The van der Waals surface area contributed by atoms with Gasteiger partial charge in [-0.15, -0.1) is 11.3 Å². The van der Waals surface area contributed by atoms with E-state index >= 15 is 0 Å². The molecule has 1 aromatic heterocycles. The van der Waals surface area contributed by atoms with E-state index in [1.807, 2.05) is 47.4 Å². The van der Waals surface area contributed by atoms with Gasteiger partial charge in [-0.2, -0.15) is 0 Å². The first-order valence-electron chi connectivity index (χ1n) is 9.34. The smallest absolute Gasteiger partial charge is 0.265 e. The van der Waals surface area contributed by atoms with Crippen LogP contribution in [-0.4, -0.2) is 42.5 Å². The van der Waals surface area contributed by atoms with E-state index in [2.05, 4.69) is 17.1 Å². The SMILES string of the molecule is COc1ccc(-c2ncc(C(=O)N3C[C@@H](CN)[C@H](c4ccccc4)C3)s2)cc1. The predicted molar refractivity (Wildman–Crippen MR) is 112 cm³/mol. The molecule has 5 nitrogen and oxygen atoms in total. The molecule has 3 aromatic rings. The second-order valence-electron chi connectivity index (χ2n) is 6.98. The zero-order chi connectivity index (χ0) is 19.5. The van der Waals surface area contributed by atoms with Gasteiger partial charge in [0, 0.05) is 24.6 Å². The van der Waals surface area contributed by atoms with E-state index in [0.29, 0.717) is 24.5 Å². The molecule has 28 heavy (non-hydrogen) atoms. The molecule has 1 amide bonds. The van der Waals surface area contributed by atoms with Crippen molar-refractivity contribution in [2.75, 3.05) is 26.7 Å². The molecular weight excluding hydrogens is 370 g/mol. The molecule has 0 spiro atoms. The maximum atomic E-state index is 13.1. The number of aromatic nitrogens is 1. The zero-order valence-corrected chi connectivity index (χ0v) is 16.6. The van der Waals surface area contributed by atoms with Gasteiger partial charge in [0.25, 0.3) is 5.91 Å². The molecule has 0 unspecified atom stereocenters. The molecule has 144 valence electrons. The van der Waals surface area contributed by atoms with Crippen LogP contribution >= 0.6 is 11.3 Å². The standard InChI is InChI=1S/C22H23N3O2S/c1-27-18-9-7-16(8-10-18)21-24-12-20(28-21)22(26)25-13-17(11-23)19(14-25)15-5-3-2-4-6-15/h2-10,12,17,19H,11,13-14,23H2,1H3/t17-,19+/m1/s1. The lowest BCUT2D eigenvalue weighted by atomic mass is 9.89. The van der Waals surface area contributed by atoms with Crippen LogP contribution in [-0.2, 0) is 0 Å². The fourth-order valence-corrected chi connectivity index (χ4v) is 4.64. The van der Waals surface area contributed by atoms with Gasteiger partial charge >= 0.3 is 0 Å². The molecule has 0 radical (unpaired) electrons. The molecule has 0 saturated carbocycles. The number of ether oxygens (including phenoxy) is 1.